The maximum Gasteiger partial charge on any atom is 0.312 e. The summed E-state index contributed by atoms with van der Waals surface area (Å²) in [5, 5.41) is 0.579. The third kappa shape index (κ3) is 9.39. The van der Waals surface area contributed by atoms with Gasteiger partial charge >= 0.3 is 5.95 Å². The summed E-state index contributed by atoms with van der Waals surface area (Å²) in [5.74, 6) is 0.490. The fraction of sp³-hybridized carbons (Fsp3) is 0.857. The Labute approximate surface area is 115 Å². The standard InChI is InChI=1S/C14H27O3Si/c1-4-7-10-15-13(16-11-8-5-2)14(18)17-12-9-6-3/h4-12H2,1-3H3. The van der Waals surface area contributed by atoms with E-state index in [0.717, 1.165) is 38.5 Å². The van der Waals surface area contributed by atoms with E-state index in [2.05, 4.69) is 31.0 Å². The van der Waals surface area contributed by atoms with Gasteiger partial charge in [0.1, 0.15) is 15.6 Å². The van der Waals surface area contributed by atoms with Crippen LogP contribution in [-0.4, -0.2) is 30.1 Å². The van der Waals surface area contributed by atoms with Crippen molar-refractivity contribution in [2.24, 2.45) is 0 Å². The molecule has 0 aliphatic carbocycles. The molecule has 18 heavy (non-hydrogen) atoms. The van der Waals surface area contributed by atoms with Gasteiger partial charge in [0.05, 0.1) is 19.8 Å². The van der Waals surface area contributed by atoms with Crippen LogP contribution in [0.25, 0.3) is 0 Å². The molecule has 0 amide bonds. The van der Waals surface area contributed by atoms with Crippen LogP contribution in [0.3, 0.4) is 0 Å². The first kappa shape index (κ1) is 17.4. The summed E-state index contributed by atoms with van der Waals surface area (Å²) < 4.78 is 16.8. The molecule has 3 nitrogen and oxygen atoms in total. The Hall–Kier alpha value is -0.643. The molecule has 0 spiro atoms. The van der Waals surface area contributed by atoms with Crippen LogP contribution in [0, 0.1) is 0 Å². The number of hydrogen-bond acceptors (Lipinski definition) is 3. The number of unbranched alkanes of at least 4 members (excludes halogenated alkanes) is 3. The van der Waals surface area contributed by atoms with E-state index in [0.29, 0.717) is 31.1 Å². The van der Waals surface area contributed by atoms with Crippen LogP contribution in [0.5, 0.6) is 0 Å². The zero-order valence-electron chi connectivity index (χ0n) is 12.1. The Bertz CT molecular complexity index is 205. The molecular weight excluding hydrogens is 244 g/mol. The third-order valence-electron chi connectivity index (χ3n) is 2.39. The van der Waals surface area contributed by atoms with Crippen LogP contribution in [0.2, 0.25) is 0 Å². The summed E-state index contributed by atoms with van der Waals surface area (Å²) in [6.45, 7) is 8.43. The summed E-state index contributed by atoms with van der Waals surface area (Å²) in [4.78, 5) is 0. The van der Waals surface area contributed by atoms with Gasteiger partial charge in [0.25, 0.3) is 0 Å². The first-order chi connectivity index (χ1) is 8.76. The van der Waals surface area contributed by atoms with Gasteiger partial charge in [0.15, 0.2) is 0 Å². The fourth-order valence-corrected chi connectivity index (χ4v) is 1.42. The molecule has 4 heteroatoms. The average Bonchev–Trinajstić information content (AvgIpc) is 2.37. The van der Waals surface area contributed by atoms with Gasteiger partial charge in [0.2, 0.25) is 0 Å². The molecule has 0 aliphatic heterocycles. The van der Waals surface area contributed by atoms with E-state index in [1.807, 2.05) is 0 Å². The Morgan fingerprint density at radius 1 is 0.722 bits per heavy atom. The van der Waals surface area contributed by atoms with Gasteiger partial charge in [-0.2, -0.15) is 0 Å². The van der Waals surface area contributed by atoms with Crippen molar-refractivity contribution in [3.63, 3.8) is 0 Å². The lowest BCUT2D eigenvalue weighted by Crippen LogP contribution is -2.08. The lowest BCUT2D eigenvalue weighted by atomic mass is 10.4. The molecule has 105 valence electrons. The molecule has 0 rings (SSSR count). The molecule has 0 saturated carbocycles. The molecule has 0 aromatic rings. The highest BCUT2D eigenvalue weighted by Crippen LogP contribution is 2.10. The van der Waals surface area contributed by atoms with E-state index >= 15 is 0 Å². The number of ether oxygens (including phenoxy) is 3. The van der Waals surface area contributed by atoms with E-state index in [1.54, 1.807) is 0 Å². The SMILES string of the molecule is CCCCOC([Si])=C(OCCCC)OCCCC. The van der Waals surface area contributed by atoms with E-state index in [9.17, 15) is 0 Å². The van der Waals surface area contributed by atoms with Gasteiger partial charge < -0.3 is 14.2 Å². The molecule has 0 fully saturated rings. The van der Waals surface area contributed by atoms with Crippen molar-refractivity contribution in [2.75, 3.05) is 19.8 Å². The smallest absolute Gasteiger partial charge is 0.312 e. The lowest BCUT2D eigenvalue weighted by Gasteiger charge is -2.15. The monoisotopic (exact) mass is 271 g/mol. The van der Waals surface area contributed by atoms with Gasteiger partial charge in [-0.25, -0.2) is 0 Å². The van der Waals surface area contributed by atoms with Crippen molar-refractivity contribution >= 4 is 10.2 Å². The van der Waals surface area contributed by atoms with Crippen LogP contribution in [0.1, 0.15) is 59.3 Å². The summed E-state index contributed by atoms with van der Waals surface area (Å²) in [7, 11) is 3.44. The summed E-state index contributed by atoms with van der Waals surface area (Å²) >= 11 is 0. The Kier molecular flexibility index (Phi) is 12.3. The number of hydrogen-bond donors (Lipinski definition) is 0. The van der Waals surface area contributed by atoms with E-state index in [-0.39, 0.29) is 0 Å². The number of rotatable bonds is 12. The molecule has 3 radical (unpaired) electrons. The quantitative estimate of drug-likeness (QED) is 0.307. The molecule has 0 N–H and O–H groups in total. The highest BCUT2D eigenvalue weighted by molar-refractivity contribution is 6.20. The van der Waals surface area contributed by atoms with Crippen molar-refractivity contribution in [3.05, 3.63) is 11.3 Å². The minimum Gasteiger partial charge on any atom is -0.497 e. The third-order valence-corrected chi connectivity index (χ3v) is 2.74. The molecule has 0 unspecified atom stereocenters. The lowest BCUT2D eigenvalue weighted by molar-refractivity contribution is 0.0159. The average molecular weight is 271 g/mol. The van der Waals surface area contributed by atoms with Crippen molar-refractivity contribution in [1.82, 2.24) is 0 Å². The van der Waals surface area contributed by atoms with Gasteiger partial charge in [-0.3, -0.25) is 0 Å². The van der Waals surface area contributed by atoms with E-state index in [4.69, 9.17) is 14.2 Å². The topological polar surface area (TPSA) is 27.7 Å². The molecule has 0 bridgehead atoms. The molecule has 0 aromatic carbocycles. The Morgan fingerprint density at radius 3 is 1.50 bits per heavy atom. The van der Waals surface area contributed by atoms with Gasteiger partial charge in [-0.05, 0) is 19.3 Å². The molecular formula is C14H27O3Si. The van der Waals surface area contributed by atoms with Crippen LogP contribution >= 0.6 is 0 Å². The zero-order valence-corrected chi connectivity index (χ0v) is 13.1. The van der Waals surface area contributed by atoms with Crippen molar-refractivity contribution < 1.29 is 14.2 Å². The normalized spacial score (nSPS) is 10.0. The van der Waals surface area contributed by atoms with Crippen molar-refractivity contribution in [2.45, 2.75) is 59.3 Å². The molecule has 0 atom stereocenters. The van der Waals surface area contributed by atoms with Gasteiger partial charge in [0, 0.05) is 0 Å². The van der Waals surface area contributed by atoms with E-state index in [1.165, 1.54) is 0 Å². The zero-order chi connectivity index (χ0) is 13.6. The van der Waals surface area contributed by atoms with Gasteiger partial charge in [-0.1, -0.05) is 40.0 Å². The summed E-state index contributed by atoms with van der Waals surface area (Å²) in [5.41, 5.74) is 0. The Morgan fingerprint density at radius 2 is 1.11 bits per heavy atom. The Balaban J connectivity index is 4.16. The minimum atomic E-state index is 0.490. The van der Waals surface area contributed by atoms with Gasteiger partial charge in [-0.15, -0.1) is 0 Å². The predicted molar refractivity (Wildman–Crippen MR) is 75.4 cm³/mol. The van der Waals surface area contributed by atoms with Crippen LogP contribution in [0.4, 0.5) is 0 Å². The predicted octanol–water partition coefficient (Wildman–Crippen LogP) is 3.73. The maximum atomic E-state index is 5.61. The second-order valence-electron chi connectivity index (χ2n) is 4.22. The molecule has 0 saturated heterocycles. The van der Waals surface area contributed by atoms with Crippen molar-refractivity contribution in [1.29, 1.82) is 0 Å². The fourth-order valence-electron chi connectivity index (χ4n) is 1.17. The summed E-state index contributed by atoms with van der Waals surface area (Å²) in [6, 6.07) is 0. The summed E-state index contributed by atoms with van der Waals surface area (Å²) in [6.07, 6.45) is 6.41. The second kappa shape index (κ2) is 12.8. The molecule has 0 aliphatic rings. The van der Waals surface area contributed by atoms with Crippen molar-refractivity contribution in [3.8, 4) is 0 Å². The highest BCUT2D eigenvalue weighted by atomic mass is 28.1. The largest absolute Gasteiger partial charge is 0.497 e. The highest BCUT2D eigenvalue weighted by Gasteiger charge is 2.07. The van der Waals surface area contributed by atoms with Crippen LogP contribution in [-0.2, 0) is 14.2 Å². The maximum absolute atomic E-state index is 5.61. The first-order valence-electron chi connectivity index (χ1n) is 7.10. The van der Waals surface area contributed by atoms with Crippen LogP contribution < -0.4 is 0 Å². The minimum absolute atomic E-state index is 0.490. The first-order valence-corrected chi connectivity index (χ1v) is 7.60. The second-order valence-corrected chi connectivity index (χ2v) is 4.68. The van der Waals surface area contributed by atoms with E-state index < -0.39 is 0 Å². The van der Waals surface area contributed by atoms with Crippen LogP contribution in [0.15, 0.2) is 11.3 Å². The molecule has 0 aromatic heterocycles. The molecule has 0 heterocycles.